The van der Waals surface area contributed by atoms with Crippen LogP contribution in [0.15, 0.2) is 46.0 Å². The molecule has 0 spiro atoms. The van der Waals surface area contributed by atoms with E-state index >= 15 is 0 Å². The summed E-state index contributed by atoms with van der Waals surface area (Å²) < 4.78 is 28.0. The summed E-state index contributed by atoms with van der Waals surface area (Å²) in [4.78, 5) is 40.5. The van der Waals surface area contributed by atoms with E-state index in [0.29, 0.717) is 28.7 Å². The highest BCUT2D eigenvalue weighted by molar-refractivity contribution is 5.97. The highest BCUT2D eigenvalue weighted by atomic mass is 19.2. The van der Waals surface area contributed by atoms with Crippen molar-refractivity contribution in [1.82, 2.24) is 14.5 Å². The van der Waals surface area contributed by atoms with Crippen LogP contribution < -0.4 is 11.1 Å². The molecule has 0 aliphatic heterocycles. The number of carbonyl (C=O) groups excluding carboxylic acids is 1. The molecule has 1 atom stereocenters. The number of aryl methyl sites for hydroxylation is 1. The van der Waals surface area contributed by atoms with Gasteiger partial charge in [0.1, 0.15) is 0 Å². The molecule has 2 aromatic carbocycles. The van der Waals surface area contributed by atoms with Crippen LogP contribution in [0, 0.1) is 11.6 Å². The SMILES string of the molecule is CCn1c(=O)c(=O)[nH]c2cc(C(=O)N(C)C(C)c3ccc(F)c(F)c3)ccc21. The molecule has 146 valence electrons. The van der Waals surface area contributed by atoms with Crippen LogP contribution in [0.3, 0.4) is 0 Å². The molecule has 0 fully saturated rings. The van der Waals surface area contributed by atoms with Gasteiger partial charge in [-0.2, -0.15) is 0 Å². The van der Waals surface area contributed by atoms with Gasteiger partial charge in [-0.15, -0.1) is 0 Å². The number of hydrogen-bond acceptors (Lipinski definition) is 3. The van der Waals surface area contributed by atoms with Gasteiger partial charge in [-0.05, 0) is 49.7 Å². The number of benzene rings is 2. The number of nitrogens with one attached hydrogen (secondary N) is 1. The molecule has 8 heteroatoms. The molecular weight excluding hydrogens is 368 g/mol. The molecule has 3 aromatic rings. The van der Waals surface area contributed by atoms with Crippen molar-refractivity contribution in [1.29, 1.82) is 0 Å². The molecule has 1 aromatic heterocycles. The van der Waals surface area contributed by atoms with Crippen LogP contribution in [0.1, 0.15) is 35.8 Å². The first kappa shape index (κ1) is 19.5. The van der Waals surface area contributed by atoms with E-state index in [2.05, 4.69) is 4.98 Å². The zero-order chi connectivity index (χ0) is 20.6. The first-order chi connectivity index (χ1) is 13.2. The maximum atomic E-state index is 13.5. The fraction of sp³-hybridized carbons (Fsp3) is 0.250. The number of rotatable bonds is 4. The number of hydrogen-bond donors (Lipinski definition) is 1. The van der Waals surface area contributed by atoms with Crippen LogP contribution in [0.5, 0.6) is 0 Å². The lowest BCUT2D eigenvalue weighted by molar-refractivity contribution is 0.0742. The van der Waals surface area contributed by atoms with E-state index in [0.717, 1.165) is 12.1 Å². The molecule has 6 nitrogen and oxygen atoms in total. The number of halogens is 2. The Hall–Kier alpha value is -3.29. The van der Waals surface area contributed by atoms with Crippen LogP contribution in [-0.4, -0.2) is 27.4 Å². The molecule has 28 heavy (non-hydrogen) atoms. The number of fused-ring (bicyclic) bond motifs is 1. The minimum atomic E-state index is -0.981. The Morgan fingerprint density at radius 3 is 2.50 bits per heavy atom. The van der Waals surface area contributed by atoms with Crippen molar-refractivity contribution >= 4 is 16.9 Å². The van der Waals surface area contributed by atoms with Crippen LogP contribution >= 0.6 is 0 Å². The van der Waals surface area contributed by atoms with Crippen LogP contribution in [0.2, 0.25) is 0 Å². The third-order valence-electron chi connectivity index (χ3n) is 4.87. The Kier molecular flexibility index (Phi) is 5.13. The Bertz CT molecular complexity index is 1180. The second-order valence-electron chi connectivity index (χ2n) is 6.50. The summed E-state index contributed by atoms with van der Waals surface area (Å²) in [5.41, 5.74) is 0.205. The Morgan fingerprint density at radius 2 is 1.86 bits per heavy atom. The predicted octanol–water partition coefficient (Wildman–Crippen LogP) is 2.82. The smallest absolute Gasteiger partial charge is 0.316 e. The molecule has 3 rings (SSSR count). The van der Waals surface area contributed by atoms with Crippen LogP contribution in [0.25, 0.3) is 11.0 Å². The maximum Gasteiger partial charge on any atom is 0.316 e. The Balaban J connectivity index is 1.98. The summed E-state index contributed by atoms with van der Waals surface area (Å²) in [7, 11) is 1.55. The van der Waals surface area contributed by atoms with Gasteiger partial charge < -0.3 is 14.5 Å². The van der Waals surface area contributed by atoms with E-state index in [4.69, 9.17) is 0 Å². The van der Waals surface area contributed by atoms with Gasteiger partial charge in [0, 0.05) is 19.2 Å². The van der Waals surface area contributed by atoms with Crippen molar-refractivity contribution in [3.05, 3.63) is 79.9 Å². The zero-order valence-corrected chi connectivity index (χ0v) is 15.6. The lowest BCUT2D eigenvalue weighted by Gasteiger charge is -2.25. The normalized spacial score (nSPS) is 12.2. The van der Waals surface area contributed by atoms with E-state index in [1.165, 1.54) is 21.6 Å². The van der Waals surface area contributed by atoms with Crippen molar-refractivity contribution in [2.45, 2.75) is 26.4 Å². The number of H-pyrrole nitrogens is 1. The van der Waals surface area contributed by atoms with E-state index in [9.17, 15) is 23.2 Å². The van der Waals surface area contributed by atoms with Gasteiger partial charge in [0.05, 0.1) is 17.1 Å². The highest BCUT2D eigenvalue weighted by Crippen LogP contribution is 2.23. The number of aromatic amines is 1. The number of amides is 1. The van der Waals surface area contributed by atoms with Crippen molar-refractivity contribution in [2.24, 2.45) is 0 Å². The van der Waals surface area contributed by atoms with Crippen molar-refractivity contribution in [3.8, 4) is 0 Å². The maximum absolute atomic E-state index is 13.5. The highest BCUT2D eigenvalue weighted by Gasteiger charge is 2.21. The molecule has 1 unspecified atom stereocenters. The van der Waals surface area contributed by atoms with Gasteiger partial charge in [0.15, 0.2) is 11.6 Å². The fourth-order valence-corrected chi connectivity index (χ4v) is 3.10. The predicted molar refractivity (Wildman–Crippen MR) is 101 cm³/mol. The zero-order valence-electron chi connectivity index (χ0n) is 15.6. The topological polar surface area (TPSA) is 75.2 Å². The first-order valence-corrected chi connectivity index (χ1v) is 8.73. The minimum absolute atomic E-state index is 0.293. The van der Waals surface area contributed by atoms with Gasteiger partial charge >= 0.3 is 11.1 Å². The van der Waals surface area contributed by atoms with Crippen molar-refractivity contribution < 1.29 is 13.6 Å². The fourth-order valence-electron chi connectivity index (χ4n) is 3.10. The molecule has 0 aliphatic carbocycles. The Morgan fingerprint density at radius 1 is 1.14 bits per heavy atom. The lowest BCUT2D eigenvalue weighted by atomic mass is 10.1. The molecule has 0 saturated carbocycles. The minimum Gasteiger partial charge on any atom is -0.335 e. The summed E-state index contributed by atoms with van der Waals surface area (Å²) in [5.74, 6) is -2.30. The molecule has 0 bridgehead atoms. The summed E-state index contributed by atoms with van der Waals surface area (Å²) in [6, 6.07) is 7.64. The van der Waals surface area contributed by atoms with Gasteiger partial charge in [-0.3, -0.25) is 14.4 Å². The van der Waals surface area contributed by atoms with Gasteiger partial charge in [0.25, 0.3) is 5.91 Å². The second-order valence-corrected chi connectivity index (χ2v) is 6.50. The number of carbonyl (C=O) groups is 1. The van der Waals surface area contributed by atoms with E-state index in [1.54, 1.807) is 33.0 Å². The monoisotopic (exact) mass is 387 g/mol. The molecule has 1 amide bonds. The molecule has 0 radical (unpaired) electrons. The molecular formula is C20H19F2N3O3. The molecule has 1 N–H and O–H groups in total. The number of nitrogens with zero attached hydrogens (tertiary/aromatic N) is 2. The van der Waals surface area contributed by atoms with E-state index in [-0.39, 0.29) is 5.91 Å². The summed E-state index contributed by atoms with van der Waals surface area (Å²) in [6.07, 6.45) is 0. The summed E-state index contributed by atoms with van der Waals surface area (Å²) in [6.45, 7) is 3.76. The lowest BCUT2D eigenvalue weighted by Crippen LogP contribution is -2.36. The third kappa shape index (κ3) is 3.33. The van der Waals surface area contributed by atoms with Gasteiger partial charge in [-0.1, -0.05) is 6.07 Å². The average Bonchev–Trinajstić information content (AvgIpc) is 2.69. The van der Waals surface area contributed by atoms with Crippen molar-refractivity contribution in [2.75, 3.05) is 7.05 Å². The Labute approximate surface area is 159 Å². The third-order valence-corrected chi connectivity index (χ3v) is 4.87. The van der Waals surface area contributed by atoms with Crippen LogP contribution in [0.4, 0.5) is 8.78 Å². The second kappa shape index (κ2) is 7.38. The van der Waals surface area contributed by atoms with Crippen molar-refractivity contribution in [3.63, 3.8) is 0 Å². The largest absolute Gasteiger partial charge is 0.335 e. The number of aromatic nitrogens is 2. The van der Waals surface area contributed by atoms with Gasteiger partial charge in [0.2, 0.25) is 0 Å². The average molecular weight is 387 g/mol. The van der Waals surface area contributed by atoms with E-state index in [1.807, 2.05) is 0 Å². The quantitative estimate of drug-likeness (QED) is 0.700. The summed E-state index contributed by atoms with van der Waals surface area (Å²) in [5, 5.41) is 0. The van der Waals surface area contributed by atoms with E-state index < -0.39 is 28.8 Å². The first-order valence-electron chi connectivity index (χ1n) is 8.73. The van der Waals surface area contributed by atoms with Gasteiger partial charge in [-0.25, -0.2) is 8.78 Å². The molecule has 1 heterocycles. The standard InChI is InChI=1S/C20H19F2N3O3/c1-4-25-17-8-6-13(10-16(17)23-18(26)20(25)28)19(27)24(3)11(2)12-5-7-14(21)15(22)9-12/h5-11H,4H2,1-3H3,(H,23,26). The summed E-state index contributed by atoms with van der Waals surface area (Å²) >= 11 is 0. The molecule has 0 aliphatic rings. The molecule has 0 saturated heterocycles. The van der Waals surface area contributed by atoms with Crippen LogP contribution in [-0.2, 0) is 6.54 Å².